The molecule has 1 heterocycles. The number of likely N-dealkylation sites (tertiary alicyclic amines) is 1. The zero-order valence-corrected chi connectivity index (χ0v) is 17.4. The lowest BCUT2D eigenvalue weighted by Crippen LogP contribution is -2.50. The van der Waals surface area contributed by atoms with Gasteiger partial charge in [-0.15, -0.1) is 13.2 Å². The molecule has 168 valence electrons. The lowest BCUT2D eigenvalue weighted by molar-refractivity contribution is -0.274. The standard InChI is InChI=1S/C20H28F3N3O4/c1-4-29-19(28)26(13-18(27)24-3)16-8-10-25(11-9-16)14(2)15-6-5-7-17(12-15)30-20(21,22)23/h5-7,12,14,16H,4,8-11,13H2,1-3H3,(H,24,27). The topological polar surface area (TPSA) is 71.1 Å². The van der Waals surface area contributed by atoms with Gasteiger partial charge in [-0.3, -0.25) is 14.6 Å². The summed E-state index contributed by atoms with van der Waals surface area (Å²) in [6, 6.07) is 5.68. The van der Waals surface area contributed by atoms with Crippen molar-refractivity contribution < 1.29 is 32.2 Å². The molecule has 1 unspecified atom stereocenters. The molecule has 10 heteroatoms. The van der Waals surface area contributed by atoms with Crippen molar-refractivity contribution in [1.82, 2.24) is 15.1 Å². The van der Waals surface area contributed by atoms with E-state index in [1.54, 1.807) is 13.0 Å². The number of carbonyl (C=O) groups is 2. The van der Waals surface area contributed by atoms with E-state index >= 15 is 0 Å². The molecule has 1 saturated heterocycles. The van der Waals surface area contributed by atoms with E-state index in [1.807, 2.05) is 6.92 Å². The first-order chi connectivity index (χ1) is 14.1. The molecule has 0 radical (unpaired) electrons. The van der Waals surface area contributed by atoms with E-state index in [0.29, 0.717) is 31.5 Å². The molecule has 1 aliphatic rings. The summed E-state index contributed by atoms with van der Waals surface area (Å²) in [5, 5.41) is 2.51. The van der Waals surface area contributed by atoms with Gasteiger partial charge in [0.15, 0.2) is 0 Å². The van der Waals surface area contributed by atoms with E-state index in [1.165, 1.54) is 30.1 Å². The van der Waals surface area contributed by atoms with Gasteiger partial charge in [-0.2, -0.15) is 0 Å². The Morgan fingerprint density at radius 2 is 1.97 bits per heavy atom. The zero-order valence-electron chi connectivity index (χ0n) is 17.4. The fourth-order valence-corrected chi connectivity index (χ4v) is 3.55. The molecule has 1 fully saturated rings. The fraction of sp³-hybridized carbons (Fsp3) is 0.600. The van der Waals surface area contributed by atoms with E-state index in [-0.39, 0.29) is 36.9 Å². The third-order valence-corrected chi connectivity index (χ3v) is 5.16. The number of piperidine rings is 1. The van der Waals surface area contributed by atoms with Crippen molar-refractivity contribution in [2.24, 2.45) is 0 Å². The Hall–Kier alpha value is -2.49. The third kappa shape index (κ3) is 6.79. The van der Waals surface area contributed by atoms with Crippen molar-refractivity contribution in [3.8, 4) is 5.75 Å². The Kier molecular flexibility index (Phi) is 8.33. The van der Waals surface area contributed by atoms with Crippen LogP contribution in [0.3, 0.4) is 0 Å². The molecule has 2 rings (SSSR count). The lowest BCUT2D eigenvalue weighted by Gasteiger charge is -2.40. The Labute approximate surface area is 174 Å². The van der Waals surface area contributed by atoms with Crippen LogP contribution in [0.5, 0.6) is 5.75 Å². The van der Waals surface area contributed by atoms with Crippen LogP contribution in [0, 0.1) is 0 Å². The SMILES string of the molecule is CCOC(=O)N(CC(=O)NC)C1CCN(C(C)c2cccc(OC(F)(F)F)c2)CC1. The highest BCUT2D eigenvalue weighted by atomic mass is 19.4. The maximum absolute atomic E-state index is 12.5. The normalized spacial score (nSPS) is 16.6. The summed E-state index contributed by atoms with van der Waals surface area (Å²) in [6.45, 7) is 5.01. The van der Waals surface area contributed by atoms with Crippen LogP contribution in [0.4, 0.5) is 18.0 Å². The van der Waals surface area contributed by atoms with Crippen LogP contribution in [0.25, 0.3) is 0 Å². The second-order valence-corrected chi connectivity index (χ2v) is 7.06. The average molecular weight is 431 g/mol. The number of amides is 2. The van der Waals surface area contributed by atoms with Crippen molar-refractivity contribution in [2.75, 3.05) is 33.3 Å². The van der Waals surface area contributed by atoms with Gasteiger partial charge >= 0.3 is 12.5 Å². The molecule has 0 aliphatic carbocycles. The van der Waals surface area contributed by atoms with Gasteiger partial charge in [0.2, 0.25) is 5.91 Å². The molecule has 1 aliphatic heterocycles. The number of likely N-dealkylation sites (N-methyl/N-ethyl adjacent to an activating group) is 1. The predicted molar refractivity (Wildman–Crippen MR) is 104 cm³/mol. The van der Waals surface area contributed by atoms with Gasteiger partial charge < -0.3 is 14.8 Å². The maximum atomic E-state index is 12.5. The minimum Gasteiger partial charge on any atom is -0.450 e. The highest BCUT2D eigenvalue weighted by molar-refractivity contribution is 5.82. The lowest BCUT2D eigenvalue weighted by atomic mass is 9.99. The van der Waals surface area contributed by atoms with Gasteiger partial charge in [0.1, 0.15) is 12.3 Å². The monoisotopic (exact) mass is 431 g/mol. The van der Waals surface area contributed by atoms with Crippen molar-refractivity contribution in [3.05, 3.63) is 29.8 Å². The molecule has 1 N–H and O–H groups in total. The van der Waals surface area contributed by atoms with Gasteiger partial charge in [0, 0.05) is 32.2 Å². The third-order valence-electron chi connectivity index (χ3n) is 5.16. The number of alkyl halides is 3. The molecular weight excluding hydrogens is 403 g/mol. The molecule has 1 aromatic rings. The summed E-state index contributed by atoms with van der Waals surface area (Å²) >= 11 is 0. The number of hydrogen-bond acceptors (Lipinski definition) is 5. The van der Waals surface area contributed by atoms with Crippen molar-refractivity contribution in [2.45, 2.75) is 45.1 Å². The Morgan fingerprint density at radius 3 is 2.53 bits per heavy atom. The van der Waals surface area contributed by atoms with E-state index < -0.39 is 12.5 Å². The Bertz CT molecular complexity index is 721. The zero-order chi connectivity index (χ0) is 22.3. The van der Waals surface area contributed by atoms with Crippen molar-refractivity contribution in [1.29, 1.82) is 0 Å². The van der Waals surface area contributed by atoms with Gasteiger partial charge in [-0.1, -0.05) is 12.1 Å². The molecule has 0 bridgehead atoms. The van der Waals surface area contributed by atoms with Gasteiger partial charge in [0.05, 0.1) is 6.61 Å². The molecule has 7 nitrogen and oxygen atoms in total. The highest BCUT2D eigenvalue weighted by Gasteiger charge is 2.33. The Balaban J connectivity index is 2.02. The molecule has 0 spiro atoms. The van der Waals surface area contributed by atoms with Crippen LogP contribution < -0.4 is 10.1 Å². The second kappa shape index (κ2) is 10.5. The minimum absolute atomic E-state index is 0.0770. The minimum atomic E-state index is -4.73. The molecule has 0 saturated carbocycles. The summed E-state index contributed by atoms with van der Waals surface area (Å²) in [6.07, 6.45) is -4.01. The second-order valence-electron chi connectivity index (χ2n) is 7.06. The van der Waals surface area contributed by atoms with Crippen LogP contribution in [-0.4, -0.2) is 67.5 Å². The number of nitrogens with one attached hydrogen (secondary N) is 1. The smallest absolute Gasteiger partial charge is 0.450 e. The largest absolute Gasteiger partial charge is 0.573 e. The average Bonchev–Trinajstić information content (AvgIpc) is 2.70. The summed E-state index contributed by atoms with van der Waals surface area (Å²) < 4.78 is 46.5. The van der Waals surface area contributed by atoms with E-state index in [0.717, 1.165) is 0 Å². The van der Waals surface area contributed by atoms with E-state index in [9.17, 15) is 22.8 Å². The number of rotatable bonds is 7. The number of halogens is 3. The first kappa shape index (κ1) is 23.8. The van der Waals surface area contributed by atoms with Gasteiger partial charge in [-0.25, -0.2) is 4.79 Å². The predicted octanol–water partition coefficient (Wildman–Crippen LogP) is 3.32. The molecule has 30 heavy (non-hydrogen) atoms. The number of nitrogens with zero attached hydrogens (tertiary/aromatic N) is 2. The van der Waals surface area contributed by atoms with Crippen LogP contribution in [0.2, 0.25) is 0 Å². The quantitative estimate of drug-likeness (QED) is 0.717. The van der Waals surface area contributed by atoms with Crippen LogP contribution >= 0.6 is 0 Å². The maximum Gasteiger partial charge on any atom is 0.573 e. The first-order valence-corrected chi connectivity index (χ1v) is 9.88. The number of carbonyl (C=O) groups excluding carboxylic acids is 2. The fourth-order valence-electron chi connectivity index (χ4n) is 3.55. The summed E-state index contributed by atoms with van der Waals surface area (Å²) in [5.41, 5.74) is 0.711. The van der Waals surface area contributed by atoms with Crippen molar-refractivity contribution in [3.63, 3.8) is 0 Å². The molecule has 0 aromatic heterocycles. The highest BCUT2D eigenvalue weighted by Crippen LogP contribution is 2.30. The Morgan fingerprint density at radius 1 is 1.30 bits per heavy atom. The summed E-state index contributed by atoms with van der Waals surface area (Å²) in [7, 11) is 1.51. The van der Waals surface area contributed by atoms with E-state index in [4.69, 9.17) is 4.74 Å². The molecule has 1 aromatic carbocycles. The van der Waals surface area contributed by atoms with Crippen LogP contribution in [0.1, 0.15) is 38.3 Å². The molecule has 2 amide bonds. The van der Waals surface area contributed by atoms with Gasteiger partial charge in [-0.05, 0) is 44.4 Å². The van der Waals surface area contributed by atoms with Gasteiger partial charge in [0.25, 0.3) is 0 Å². The summed E-state index contributed by atoms with van der Waals surface area (Å²) in [5.74, 6) is -0.527. The van der Waals surface area contributed by atoms with E-state index in [2.05, 4.69) is 15.0 Å². The summed E-state index contributed by atoms with van der Waals surface area (Å²) in [4.78, 5) is 27.7. The first-order valence-electron chi connectivity index (χ1n) is 9.88. The van der Waals surface area contributed by atoms with Crippen LogP contribution in [0.15, 0.2) is 24.3 Å². The molecule has 1 atom stereocenters. The number of hydrogen-bond donors (Lipinski definition) is 1. The van der Waals surface area contributed by atoms with Crippen LogP contribution in [-0.2, 0) is 9.53 Å². The number of benzene rings is 1. The molecular formula is C20H28F3N3O4. The van der Waals surface area contributed by atoms with Crippen molar-refractivity contribution >= 4 is 12.0 Å². The number of ether oxygens (including phenoxy) is 2.